The minimum Gasteiger partial charge on any atom is -0.497 e. The number of aromatic nitrogens is 2. The SMILES string of the molecule is COc1ccc(CCN2C(=O)c3[nH]nc(-c4ccc(OC)cc4)c3C2c2ccc(Cl)cc2Cl)cc1. The van der Waals surface area contributed by atoms with Gasteiger partial charge in [0.05, 0.1) is 26.0 Å². The number of carbonyl (C=O) groups is 1. The van der Waals surface area contributed by atoms with Crippen molar-refractivity contribution in [1.82, 2.24) is 15.1 Å². The van der Waals surface area contributed by atoms with Crippen LogP contribution in [0.3, 0.4) is 0 Å². The van der Waals surface area contributed by atoms with Crippen LogP contribution in [0, 0.1) is 0 Å². The van der Waals surface area contributed by atoms with Gasteiger partial charge in [0, 0.05) is 27.7 Å². The van der Waals surface area contributed by atoms with Crippen LogP contribution in [0.1, 0.15) is 33.2 Å². The van der Waals surface area contributed by atoms with E-state index in [0.29, 0.717) is 34.4 Å². The highest BCUT2D eigenvalue weighted by Crippen LogP contribution is 2.45. The molecule has 178 valence electrons. The van der Waals surface area contributed by atoms with Crippen molar-refractivity contribution < 1.29 is 14.3 Å². The molecule has 1 atom stereocenters. The predicted octanol–water partition coefficient (Wildman–Crippen LogP) is 6.19. The zero-order valence-corrected chi connectivity index (χ0v) is 20.7. The largest absolute Gasteiger partial charge is 0.497 e. The number of halogens is 2. The van der Waals surface area contributed by atoms with E-state index in [1.165, 1.54) is 0 Å². The predicted molar refractivity (Wildman–Crippen MR) is 137 cm³/mol. The highest BCUT2D eigenvalue weighted by molar-refractivity contribution is 6.35. The van der Waals surface area contributed by atoms with Crippen molar-refractivity contribution in [2.45, 2.75) is 12.5 Å². The Balaban J connectivity index is 1.55. The fourth-order valence-electron chi connectivity index (χ4n) is 4.48. The summed E-state index contributed by atoms with van der Waals surface area (Å²) in [6.07, 6.45) is 0.674. The number of hydrogen-bond donors (Lipinski definition) is 1. The molecular formula is C27H23Cl2N3O3. The highest BCUT2D eigenvalue weighted by atomic mass is 35.5. The van der Waals surface area contributed by atoms with Crippen LogP contribution in [0.25, 0.3) is 11.3 Å². The Bertz CT molecular complexity index is 1370. The monoisotopic (exact) mass is 507 g/mol. The van der Waals surface area contributed by atoms with Gasteiger partial charge in [0.1, 0.15) is 17.2 Å². The second kappa shape index (κ2) is 9.64. The van der Waals surface area contributed by atoms with Crippen molar-refractivity contribution in [2.75, 3.05) is 20.8 Å². The van der Waals surface area contributed by atoms with E-state index >= 15 is 0 Å². The molecule has 0 fully saturated rings. The molecule has 4 aromatic rings. The molecule has 1 aromatic heterocycles. The minimum atomic E-state index is -0.406. The molecule has 1 N–H and O–H groups in total. The maximum absolute atomic E-state index is 13.6. The van der Waals surface area contributed by atoms with Crippen molar-refractivity contribution in [1.29, 1.82) is 0 Å². The van der Waals surface area contributed by atoms with Gasteiger partial charge in [-0.15, -0.1) is 0 Å². The van der Waals surface area contributed by atoms with E-state index in [9.17, 15) is 4.79 Å². The van der Waals surface area contributed by atoms with Gasteiger partial charge in [-0.05, 0) is 66.1 Å². The first-order valence-electron chi connectivity index (χ1n) is 11.1. The van der Waals surface area contributed by atoms with Gasteiger partial charge in [0.25, 0.3) is 5.91 Å². The van der Waals surface area contributed by atoms with Gasteiger partial charge in [0.15, 0.2) is 0 Å². The van der Waals surface area contributed by atoms with E-state index in [2.05, 4.69) is 10.2 Å². The molecule has 2 heterocycles. The van der Waals surface area contributed by atoms with Gasteiger partial charge < -0.3 is 14.4 Å². The van der Waals surface area contributed by atoms with Gasteiger partial charge in [-0.3, -0.25) is 9.89 Å². The third kappa shape index (κ3) is 4.35. The lowest BCUT2D eigenvalue weighted by Gasteiger charge is -2.27. The molecule has 0 bridgehead atoms. The van der Waals surface area contributed by atoms with Gasteiger partial charge in [0.2, 0.25) is 0 Å². The van der Waals surface area contributed by atoms with Crippen molar-refractivity contribution in [3.63, 3.8) is 0 Å². The normalized spacial score (nSPS) is 14.8. The van der Waals surface area contributed by atoms with E-state index in [1.807, 2.05) is 59.5 Å². The first-order chi connectivity index (χ1) is 17.0. The van der Waals surface area contributed by atoms with E-state index in [-0.39, 0.29) is 5.91 Å². The Morgan fingerprint density at radius 1 is 0.943 bits per heavy atom. The summed E-state index contributed by atoms with van der Waals surface area (Å²) < 4.78 is 10.5. The van der Waals surface area contributed by atoms with E-state index in [4.69, 9.17) is 32.7 Å². The summed E-state index contributed by atoms with van der Waals surface area (Å²) >= 11 is 12.8. The summed E-state index contributed by atoms with van der Waals surface area (Å²) in [5.74, 6) is 1.43. The molecule has 0 spiro atoms. The molecule has 1 aliphatic heterocycles. The van der Waals surface area contributed by atoms with Crippen LogP contribution < -0.4 is 9.47 Å². The minimum absolute atomic E-state index is 0.114. The standard InChI is InChI=1S/C27H23Cl2N3O3/c1-34-19-8-3-16(4-9-19)13-14-32-26(21-12-7-18(28)15-22(21)29)23-24(30-31-25(23)27(32)33)17-5-10-20(35-2)11-6-17/h3-12,15,26H,13-14H2,1-2H3,(H,30,31). The molecular weight excluding hydrogens is 485 g/mol. The number of aromatic amines is 1. The third-order valence-electron chi connectivity index (χ3n) is 6.28. The first-order valence-corrected chi connectivity index (χ1v) is 11.9. The molecule has 3 aromatic carbocycles. The summed E-state index contributed by atoms with van der Waals surface area (Å²) in [7, 11) is 3.26. The van der Waals surface area contributed by atoms with Crippen molar-refractivity contribution in [3.8, 4) is 22.8 Å². The van der Waals surface area contributed by atoms with Gasteiger partial charge in [-0.1, -0.05) is 41.4 Å². The molecule has 35 heavy (non-hydrogen) atoms. The van der Waals surface area contributed by atoms with E-state index in [0.717, 1.165) is 33.8 Å². The topological polar surface area (TPSA) is 67.5 Å². The fourth-order valence-corrected chi connectivity index (χ4v) is 5.00. The molecule has 1 unspecified atom stereocenters. The van der Waals surface area contributed by atoms with E-state index in [1.54, 1.807) is 26.4 Å². The number of methoxy groups -OCH3 is 2. The second-order valence-corrected chi connectivity index (χ2v) is 9.10. The van der Waals surface area contributed by atoms with Crippen molar-refractivity contribution >= 4 is 29.1 Å². The van der Waals surface area contributed by atoms with Crippen LogP contribution in [-0.4, -0.2) is 41.8 Å². The number of nitrogens with one attached hydrogen (secondary N) is 1. The quantitative estimate of drug-likeness (QED) is 0.323. The summed E-state index contributed by atoms with van der Waals surface area (Å²) in [5, 5.41) is 8.53. The smallest absolute Gasteiger partial charge is 0.273 e. The molecule has 5 rings (SSSR count). The molecule has 1 aliphatic rings. The summed E-state index contributed by atoms with van der Waals surface area (Å²) in [5.41, 5.74) is 4.76. The number of amides is 1. The number of fused-ring (bicyclic) bond motifs is 1. The summed E-state index contributed by atoms with van der Waals surface area (Å²) in [6.45, 7) is 0.499. The maximum Gasteiger partial charge on any atom is 0.273 e. The van der Waals surface area contributed by atoms with Crippen LogP contribution >= 0.6 is 23.2 Å². The molecule has 6 nitrogen and oxygen atoms in total. The summed E-state index contributed by atoms with van der Waals surface area (Å²) in [6, 6.07) is 20.4. The Morgan fingerprint density at radius 2 is 1.60 bits per heavy atom. The van der Waals surface area contributed by atoms with Gasteiger partial charge in [-0.25, -0.2) is 0 Å². The first kappa shape index (κ1) is 23.3. The number of ether oxygens (including phenoxy) is 2. The zero-order chi connectivity index (χ0) is 24.5. The number of hydrogen-bond acceptors (Lipinski definition) is 4. The van der Waals surface area contributed by atoms with Crippen LogP contribution in [0.2, 0.25) is 10.0 Å². The number of H-pyrrole nitrogens is 1. The Morgan fingerprint density at radius 3 is 2.23 bits per heavy atom. The van der Waals surface area contributed by atoms with E-state index < -0.39 is 6.04 Å². The zero-order valence-electron chi connectivity index (χ0n) is 19.2. The molecule has 0 aliphatic carbocycles. The molecule has 0 saturated carbocycles. The lowest BCUT2D eigenvalue weighted by atomic mass is 9.95. The molecule has 0 radical (unpaired) electrons. The average molecular weight is 508 g/mol. The van der Waals surface area contributed by atoms with Crippen LogP contribution in [-0.2, 0) is 6.42 Å². The number of rotatable bonds is 7. The average Bonchev–Trinajstić information content (AvgIpc) is 3.42. The van der Waals surface area contributed by atoms with Gasteiger partial charge >= 0.3 is 0 Å². The van der Waals surface area contributed by atoms with Crippen LogP contribution in [0.15, 0.2) is 66.7 Å². The lowest BCUT2D eigenvalue weighted by Crippen LogP contribution is -2.31. The summed E-state index contributed by atoms with van der Waals surface area (Å²) in [4.78, 5) is 15.4. The highest BCUT2D eigenvalue weighted by Gasteiger charge is 2.42. The van der Waals surface area contributed by atoms with Crippen molar-refractivity contribution in [3.05, 3.63) is 99.2 Å². The molecule has 1 amide bonds. The number of benzene rings is 3. The van der Waals surface area contributed by atoms with Gasteiger partial charge in [-0.2, -0.15) is 5.10 Å². The molecule has 0 saturated heterocycles. The Kier molecular flexibility index (Phi) is 6.41. The Hall–Kier alpha value is -3.48. The lowest BCUT2D eigenvalue weighted by molar-refractivity contribution is 0.0746. The molecule has 8 heteroatoms. The van der Waals surface area contributed by atoms with Crippen LogP contribution in [0.4, 0.5) is 0 Å². The maximum atomic E-state index is 13.6. The number of carbonyl (C=O) groups excluding carboxylic acids is 1. The second-order valence-electron chi connectivity index (χ2n) is 8.25. The van der Waals surface area contributed by atoms with Crippen LogP contribution in [0.5, 0.6) is 11.5 Å². The Labute approximate surface area is 213 Å². The van der Waals surface area contributed by atoms with Crippen molar-refractivity contribution in [2.24, 2.45) is 0 Å². The fraction of sp³-hybridized carbons (Fsp3) is 0.185. The third-order valence-corrected chi connectivity index (χ3v) is 6.85. The number of nitrogens with zero attached hydrogens (tertiary/aromatic N) is 2.